The van der Waals surface area contributed by atoms with E-state index in [9.17, 15) is 0 Å². The second-order valence-electron chi connectivity index (χ2n) is 0.354. The van der Waals surface area contributed by atoms with Gasteiger partial charge >= 0.3 is 58.4 Å². The molecule has 0 aliphatic carbocycles. The van der Waals surface area contributed by atoms with E-state index in [-0.39, 0.29) is 29.6 Å². The Balaban J connectivity index is -0.0000000750. The van der Waals surface area contributed by atoms with E-state index in [1.807, 2.05) is 0 Å². The number of rotatable bonds is 0. The van der Waals surface area contributed by atoms with Gasteiger partial charge < -0.3 is 4.66 Å². The maximum absolute atomic E-state index is 8.61. The van der Waals surface area contributed by atoms with Gasteiger partial charge in [0, 0.05) is 0 Å². The van der Waals surface area contributed by atoms with Crippen LogP contribution in [0.25, 0.3) is 0 Å². The summed E-state index contributed by atoms with van der Waals surface area (Å²) in [6.45, 7) is 0. The summed E-state index contributed by atoms with van der Waals surface area (Å²) in [5.74, 6) is 0. The third-order valence-corrected chi connectivity index (χ3v) is 0. The summed E-state index contributed by atoms with van der Waals surface area (Å²) < 4.78 is 42.2. The van der Waals surface area contributed by atoms with E-state index in [1.54, 1.807) is 0 Å². The molecule has 0 aromatic carbocycles. The van der Waals surface area contributed by atoms with E-state index in [4.69, 9.17) is 19.0 Å². The molecular weight excluding hydrogens is 240 g/mol. The topological polar surface area (TPSA) is 91.3 Å². The van der Waals surface area contributed by atoms with E-state index >= 15 is 0 Å². The molecule has 0 spiro atoms. The predicted octanol–water partition coefficient (Wildman–Crippen LogP) is -3.97. The van der Waals surface area contributed by atoms with Crippen LogP contribution in [0.4, 0.5) is 0 Å². The first-order chi connectivity index (χ1) is 3.00. The van der Waals surface area contributed by atoms with Gasteiger partial charge in [0.25, 0.3) is 0 Å². The standard InChI is InChI=1S/ClO.Na.4O.Ru/c1-2;;;;;;/q-1;+1;;;;;. The number of halogens is 1. The Bertz CT molecular complexity index is 164. The molecule has 0 saturated heterocycles. The van der Waals surface area contributed by atoms with E-state index < -0.39 is 14.6 Å². The van der Waals surface area contributed by atoms with Gasteiger partial charge in [-0.3, -0.25) is 0 Å². The number of hydrogen-bond acceptors (Lipinski definition) is 5. The molecule has 0 aromatic heterocycles. The maximum atomic E-state index is 8.61. The van der Waals surface area contributed by atoms with Gasteiger partial charge in [-0.1, -0.05) is 0 Å². The van der Waals surface area contributed by atoms with Crippen LogP contribution < -0.4 is 34.2 Å². The zero-order valence-electron chi connectivity index (χ0n) is 3.77. The molecule has 0 heterocycles. The van der Waals surface area contributed by atoms with Gasteiger partial charge in [0.1, 0.15) is 0 Å². The summed E-state index contributed by atoms with van der Waals surface area (Å²) in [4.78, 5) is 0. The van der Waals surface area contributed by atoms with E-state index in [0.717, 1.165) is 0 Å². The van der Waals surface area contributed by atoms with Crippen LogP contribution >= 0.6 is 11.9 Å². The van der Waals surface area contributed by atoms with E-state index in [2.05, 4.69) is 11.9 Å². The van der Waals surface area contributed by atoms with E-state index in [1.165, 1.54) is 0 Å². The fourth-order valence-electron chi connectivity index (χ4n) is 0. The summed E-state index contributed by atoms with van der Waals surface area (Å²) in [5, 5.41) is 0. The molecule has 46 valence electrons. The monoisotopic (exact) mass is 240 g/mol. The minimum absolute atomic E-state index is 0. The van der Waals surface area contributed by atoms with Crippen LogP contribution in [0.1, 0.15) is 0 Å². The van der Waals surface area contributed by atoms with Crippen molar-refractivity contribution in [1.29, 1.82) is 0 Å². The quantitative estimate of drug-likeness (QED) is 0.402. The molecule has 0 bridgehead atoms. The molecule has 0 saturated carbocycles. The first-order valence-corrected chi connectivity index (χ1v) is 3.88. The van der Waals surface area contributed by atoms with Gasteiger partial charge in [0.2, 0.25) is 0 Å². The molecular formula is ClNaO5Ru. The summed E-state index contributed by atoms with van der Waals surface area (Å²) in [6.07, 6.45) is 0. The zero-order chi connectivity index (χ0) is 6.50. The Morgan fingerprint density at radius 3 is 1.00 bits per heavy atom. The van der Waals surface area contributed by atoms with Crippen LogP contribution in [0, 0.1) is 0 Å². The van der Waals surface area contributed by atoms with Crippen molar-refractivity contribution in [3.63, 3.8) is 0 Å². The molecule has 8 heteroatoms. The van der Waals surface area contributed by atoms with Crippen LogP contribution in [-0.2, 0) is 28.9 Å². The van der Waals surface area contributed by atoms with Gasteiger partial charge in [-0.25, -0.2) is 11.9 Å². The predicted molar refractivity (Wildman–Crippen MR) is 8.60 cm³/mol. The molecule has 0 atom stereocenters. The van der Waals surface area contributed by atoms with E-state index in [0.29, 0.717) is 0 Å². The molecule has 0 rings (SSSR count). The van der Waals surface area contributed by atoms with Crippen LogP contribution in [0.5, 0.6) is 0 Å². The fraction of sp³-hybridized carbons (Fsp3) is 0. The Labute approximate surface area is 74.4 Å². The van der Waals surface area contributed by atoms with Crippen molar-refractivity contribution in [3.8, 4) is 0 Å². The average molecular weight is 240 g/mol. The zero-order valence-corrected chi connectivity index (χ0v) is 8.27. The van der Waals surface area contributed by atoms with Gasteiger partial charge in [-0.05, 0) is 0 Å². The summed E-state index contributed by atoms with van der Waals surface area (Å²) in [7, 11) is 0. The summed E-state index contributed by atoms with van der Waals surface area (Å²) >= 11 is -2.47. The summed E-state index contributed by atoms with van der Waals surface area (Å²) in [5.41, 5.74) is 0. The average Bonchev–Trinajstić information content (AvgIpc) is 1.36. The molecule has 0 aliphatic rings. The summed E-state index contributed by atoms with van der Waals surface area (Å²) in [6, 6.07) is 0. The van der Waals surface area contributed by atoms with Gasteiger partial charge in [-0.15, -0.1) is 0 Å². The molecule has 0 aromatic rings. The first kappa shape index (κ1) is 16.0. The third-order valence-electron chi connectivity index (χ3n) is 0. The van der Waals surface area contributed by atoms with Crippen LogP contribution in [0.15, 0.2) is 0 Å². The van der Waals surface area contributed by atoms with Gasteiger partial charge in [0.05, 0.1) is 0 Å². The molecule has 0 radical (unpaired) electrons. The molecule has 8 heavy (non-hydrogen) atoms. The third kappa shape index (κ3) is 226. The molecule has 0 fully saturated rings. The normalized spacial score (nSPS) is 7.75. The molecule has 0 amide bonds. The van der Waals surface area contributed by atoms with Crippen LogP contribution in [0.3, 0.4) is 0 Å². The molecule has 0 aliphatic heterocycles. The molecule has 5 nitrogen and oxygen atoms in total. The Hall–Kier alpha value is 1.07. The Morgan fingerprint density at radius 1 is 1.00 bits per heavy atom. The fourth-order valence-corrected chi connectivity index (χ4v) is 0. The van der Waals surface area contributed by atoms with Crippen LogP contribution in [0.2, 0.25) is 0 Å². The second kappa shape index (κ2) is 8.07. The second-order valence-corrected chi connectivity index (χ2v) is 2.09. The van der Waals surface area contributed by atoms with Crippen molar-refractivity contribution < 1.29 is 63.1 Å². The van der Waals surface area contributed by atoms with Crippen LogP contribution in [-0.4, -0.2) is 0 Å². The molecule has 0 N–H and O–H groups in total. The Morgan fingerprint density at radius 2 is 1.00 bits per heavy atom. The Kier molecular flexibility index (Phi) is 16.2. The minimum atomic E-state index is -5.86. The van der Waals surface area contributed by atoms with Crippen molar-refractivity contribution >= 4 is 11.9 Å². The first-order valence-electron chi connectivity index (χ1n) is 0.732. The SMILES string of the molecule is [Na+].[O-]Cl.[O]=[Ru](=[O])(=[O])=[O]. The van der Waals surface area contributed by atoms with Crippen molar-refractivity contribution in [2.24, 2.45) is 0 Å². The molecule has 0 unspecified atom stereocenters. The van der Waals surface area contributed by atoms with Crippen molar-refractivity contribution in [2.75, 3.05) is 0 Å². The number of hydrogen-bond donors (Lipinski definition) is 0. The van der Waals surface area contributed by atoms with Crippen molar-refractivity contribution in [1.82, 2.24) is 0 Å². The van der Waals surface area contributed by atoms with Gasteiger partial charge in [-0.2, -0.15) is 0 Å². The van der Waals surface area contributed by atoms with Crippen molar-refractivity contribution in [2.45, 2.75) is 0 Å². The van der Waals surface area contributed by atoms with Gasteiger partial charge in [0.15, 0.2) is 0 Å². The van der Waals surface area contributed by atoms with Crippen molar-refractivity contribution in [3.05, 3.63) is 0 Å².